The maximum atomic E-state index is 5.42. The normalized spacial score (nSPS) is 15.5. The summed E-state index contributed by atoms with van der Waals surface area (Å²) in [4.78, 5) is 2.35. The van der Waals surface area contributed by atoms with E-state index in [1.54, 1.807) is 0 Å². The van der Waals surface area contributed by atoms with Gasteiger partial charge in [0.15, 0.2) is 5.11 Å². The zero-order valence-electron chi connectivity index (χ0n) is 14.2. The molecule has 1 heterocycles. The van der Waals surface area contributed by atoms with Crippen molar-refractivity contribution in [3.05, 3.63) is 58.6 Å². The third kappa shape index (κ3) is 5.17. The molecular weight excluding hydrogens is 398 g/mol. The van der Waals surface area contributed by atoms with Gasteiger partial charge in [0.1, 0.15) is 0 Å². The van der Waals surface area contributed by atoms with Crippen LogP contribution in [0.25, 0.3) is 0 Å². The number of ether oxygens (including phenoxy) is 1. The number of rotatable bonds is 4. The first-order chi connectivity index (χ1) is 12.1. The lowest BCUT2D eigenvalue weighted by molar-refractivity contribution is 0.122. The predicted molar refractivity (Wildman–Crippen MR) is 111 cm³/mol. The monoisotopic (exact) mass is 419 g/mol. The number of anilines is 2. The minimum absolute atomic E-state index is 0.134. The summed E-state index contributed by atoms with van der Waals surface area (Å²) in [6, 6.07) is 16.7. The van der Waals surface area contributed by atoms with E-state index in [9.17, 15) is 0 Å². The molecule has 2 N–H and O–H groups in total. The molecule has 6 heteroatoms. The summed E-state index contributed by atoms with van der Waals surface area (Å²) >= 11 is 8.85. The molecular formula is C19H22BrN3OS. The predicted octanol–water partition coefficient (Wildman–Crippen LogP) is 4.33. The second kappa shape index (κ2) is 8.65. The molecule has 0 spiro atoms. The highest BCUT2D eigenvalue weighted by atomic mass is 79.9. The summed E-state index contributed by atoms with van der Waals surface area (Å²) in [7, 11) is 0. The van der Waals surface area contributed by atoms with Crippen molar-refractivity contribution >= 4 is 44.6 Å². The third-order valence-corrected chi connectivity index (χ3v) is 4.97. The first-order valence-corrected chi connectivity index (χ1v) is 9.58. The summed E-state index contributed by atoms with van der Waals surface area (Å²) < 4.78 is 6.45. The number of thiocarbonyl (C=S) groups is 1. The highest BCUT2D eigenvalue weighted by molar-refractivity contribution is 9.10. The van der Waals surface area contributed by atoms with Crippen LogP contribution in [0.5, 0.6) is 0 Å². The Hall–Kier alpha value is -1.63. The molecule has 1 unspecified atom stereocenters. The fraction of sp³-hybridized carbons (Fsp3) is 0.316. The van der Waals surface area contributed by atoms with Gasteiger partial charge in [-0.05, 0) is 61.1 Å². The average molecular weight is 420 g/mol. The Labute approximate surface area is 162 Å². The molecule has 3 rings (SSSR count). The van der Waals surface area contributed by atoms with Crippen LogP contribution in [0.4, 0.5) is 11.4 Å². The van der Waals surface area contributed by atoms with Crippen LogP contribution in [0, 0.1) is 0 Å². The van der Waals surface area contributed by atoms with E-state index < -0.39 is 0 Å². The number of nitrogens with one attached hydrogen (secondary N) is 2. The van der Waals surface area contributed by atoms with Crippen LogP contribution in [-0.4, -0.2) is 31.4 Å². The van der Waals surface area contributed by atoms with Gasteiger partial charge in [0.05, 0.1) is 19.3 Å². The highest BCUT2D eigenvalue weighted by Gasteiger charge is 2.12. The lowest BCUT2D eigenvalue weighted by Crippen LogP contribution is -2.36. The fourth-order valence-corrected chi connectivity index (χ4v) is 3.33. The molecule has 0 aromatic heterocycles. The first-order valence-electron chi connectivity index (χ1n) is 8.37. The molecule has 1 saturated heterocycles. The SMILES string of the molecule is CC(NC(=S)Nc1ccc(Br)cc1)c1ccc(N2CCOCC2)cc1. The van der Waals surface area contributed by atoms with E-state index in [-0.39, 0.29) is 6.04 Å². The Morgan fingerprint density at radius 3 is 2.36 bits per heavy atom. The maximum Gasteiger partial charge on any atom is 0.171 e. The van der Waals surface area contributed by atoms with Crippen LogP contribution in [-0.2, 0) is 4.74 Å². The van der Waals surface area contributed by atoms with Gasteiger partial charge < -0.3 is 20.3 Å². The van der Waals surface area contributed by atoms with Crippen LogP contribution in [0.15, 0.2) is 53.0 Å². The van der Waals surface area contributed by atoms with Gasteiger partial charge in [-0.2, -0.15) is 0 Å². The van der Waals surface area contributed by atoms with Crippen molar-refractivity contribution in [3.63, 3.8) is 0 Å². The molecule has 0 radical (unpaired) electrons. The number of halogens is 1. The van der Waals surface area contributed by atoms with E-state index in [1.165, 1.54) is 11.3 Å². The molecule has 25 heavy (non-hydrogen) atoms. The average Bonchev–Trinajstić information content (AvgIpc) is 2.64. The molecule has 1 aliphatic rings. The number of morpholine rings is 1. The summed E-state index contributed by atoms with van der Waals surface area (Å²) in [5, 5.41) is 7.16. The second-order valence-electron chi connectivity index (χ2n) is 6.02. The summed E-state index contributed by atoms with van der Waals surface area (Å²) in [6.45, 7) is 5.62. The topological polar surface area (TPSA) is 36.5 Å². The van der Waals surface area contributed by atoms with Gasteiger partial charge in [-0.15, -0.1) is 0 Å². The van der Waals surface area contributed by atoms with Crippen molar-refractivity contribution in [2.75, 3.05) is 36.5 Å². The molecule has 132 valence electrons. The minimum Gasteiger partial charge on any atom is -0.378 e. The quantitative estimate of drug-likeness (QED) is 0.720. The van der Waals surface area contributed by atoms with E-state index in [1.807, 2.05) is 24.3 Å². The zero-order chi connectivity index (χ0) is 17.6. The van der Waals surface area contributed by atoms with Gasteiger partial charge in [0.25, 0.3) is 0 Å². The molecule has 0 amide bonds. The number of hydrogen-bond donors (Lipinski definition) is 2. The molecule has 2 aromatic rings. The van der Waals surface area contributed by atoms with Gasteiger partial charge in [-0.25, -0.2) is 0 Å². The van der Waals surface area contributed by atoms with Crippen molar-refractivity contribution in [2.45, 2.75) is 13.0 Å². The number of benzene rings is 2. The van der Waals surface area contributed by atoms with Gasteiger partial charge in [-0.1, -0.05) is 28.1 Å². The fourth-order valence-electron chi connectivity index (χ4n) is 2.78. The van der Waals surface area contributed by atoms with Crippen molar-refractivity contribution in [3.8, 4) is 0 Å². The van der Waals surface area contributed by atoms with Crippen LogP contribution < -0.4 is 15.5 Å². The molecule has 1 fully saturated rings. The smallest absolute Gasteiger partial charge is 0.171 e. The molecule has 0 aliphatic carbocycles. The van der Waals surface area contributed by atoms with Crippen LogP contribution >= 0.6 is 28.1 Å². The molecule has 1 atom stereocenters. The highest BCUT2D eigenvalue weighted by Crippen LogP contribution is 2.20. The van der Waals surface area contributed by atoms with Crippen molar-refractivity contribution < 1.29 is 4.74 Å². The summed E-state index contributed by atoms with van der Waals surface area (Å²) in [5.41, 5.74) is 3.42. The van der Waals surface area contributed by atoms with E-state index in [0.717, 1.165) is 36.5 Å². The zero-order valence-corrected chi connectivity index (χ0v) is 16.6. The number of nitrogens with zero attached hydrogens (tertiary/aromatic N) is 1. The Morgan fingerprint density at radius 1 is 1.08 bits per heavy atom. The first kappa shape index (κ1) is 18.2. The Bertz CT molecular complexity index is 700. The number of hydrogen-bond acceptors (Lipinski definition) is 3. The van der Waals surface area contributed by atoms with E-state index in [0.29, 0.717) is 5.11 Å². The Morgan fingerprint density at radius 2 is 1.72 bits per heavy atom. The van der Waals surface area contributed by atoms with Gasteiger partial charge >= 0.3 is 0 Å². The minimum atomic E-state index is 0.134. The van der Waals surface area contributed by atoms with Crippen molar-refractivity contribution in [2.24, 2.45) is 0 Å². The molecule has 1 aliphatic heterocycles. The molecule has 2 aromatic carbocycles. The maximum absolute atomic E-state index is 5.42. The van der Waals surface area contributed by atoms with Gasteiger partial charge in [0, 0.05) is 28.9 Å². The third-order valence-electron chi connectivity index (χ3n) is 4.22. The summed E-state index contributed by atoms with van der Waals surface area (Å²) in [5.74, 6) is 0. The van der Waals surface area contributed by atoms with E-state index >= 15 is 0 Å². The lowest BCUT2D eigenvalue weighted by Gasteiger charge is -2.29. The molecule has 0 bridgehead atoms. The van der Waals surface area contributed by atoms with Crippen LogP contribution in [0.3, 0.4) is 0 Å². The van der Waals surface area contributed by atoms with Crippen LogP contribution in [0.2, 0.25) is 0 Å². The standard InChI is InChI=1S/C19H22BrN3OS/c1-14(21-19(25)22-17-6-4-16(20)5-7-17)15-2-8-18(9-3-15)23-10-12-24-13-11-23/h2-9,14H,10-13H2,1H3,(H2,21,22,25). The van der Waals surface area contributed by atoms with E-state index in [2.05, 4.69) is 62.7 Å². The Kier molecular flexibility index (Phi) is 6.29. The Balaban J connectivity index is 1.55. The van der Waals surface area contributed by atoms with Gasteiger partial charge in [0.2, 0.25) is 0 Å². The van der Waals surface area contributed by atoms with E-state index in [4.69, 9.17) is 17.0 Å². The largest absolute Gasteiger partial charge is 0.378 e. The van der Waals surface area contributed by atoms with Crippen LogP contribution in [0.1, 0.15) is 18.5 Å². The summed E-state index contributed by atoms with van der Waals surface area (Å²) in [6.07, 6.45) is 0. The van der Waals surface area contributed by atoms with Crippen molar-refractivity contribution in [1.29, 1.82) is 0 Å². The molecule has 4 nitrogen and oxygen atoms in total. The lowest BCUT2D eigenvalue weighted by atomic mass is 10.1. The van der Waals surface area contributed by atoms with Crippen molar-refractivity contribution in [1.82, 2.24) is 5.32 Å². The second-order valence-corrected chi connectivity index (χ2v) is 7.34. The molecule has 0 saturated carbocycles. The van der Waals surface area contributed by atoms with Gasteiger partial charge in [-0.3, -0.25) is 0 Å².